The highest BCUT2D eigenvalue weighted by Crippen LogP contribution is 2.38. The van der Waals surface area contributed by atoms with Crippen LogP contribution in [0.25, 0.3) is 0 Å². The minimum atomic E-state index is -4.60. The van der Waals surface area contributed by atoms with Gasteiger partial charge in [-0.15, -0.1) is 0 Å². The Morgan fingerprint density at radius 3 is 1.37 bits per heavy atom. The first-order valence-electron chi connectivity index (χ1n) is 27.6. The van der Waals surface area contributed by atoms with E-state index < -0.39 is 26.6 Å². The lowest BCUT2D eigenvalue weighted by Crippen LogP contribution is -2.45. The predicted octanol–water partition coefficient (Wildman–Crippen LogP) is 16.0. The van der Waals surface area contributed by atoms with Gasteiger partial charge in [0.05, 0.1) is 39.9 Å². The first kappa shape index (κ1) is 65.4. The van der Waals surface area contributed by atoms with E-state index in [0.717, 1.165) is 77.0 Å². The molecule has 3 unspecified atom stereocenters. The number of aliphatic hydroxyl groups is 1. The van der Waals surface area contributed by atoms with Crippen LogP contribution in [-0.2, 0) is 18.4 Å². The summed E-state index contributed by atoms with van der Waals surface area (Å²) in [5.41, 5.74) is 0. The van der Waals surface area contributed by atoms with Crippen LogP contribution in [-0.4, -0.2) is 68.5 Å². The molecule has 0 saturated heterocycles. The van der Waals surface area contributed by atoms with Crippen molar-refractivity contribution in [1.82, 2.24) is 5.32 Å². The molecule has 0 aromatic carbocycles. The maximum absolute atomic E-state index is 12.9. The minimum Gasteiger partial charge on any atom is -0.756 e. The van der Waals surface area contributed by atoms with Gasteiger partial charge in [-0.3, -0.25) is 9.36 Å². The molecule has 392 valence electrons. The normalized spacial score (nSPS) is 14.8. The molecule has 0 rings (SSSR count). The molecule has 0 heterocycles. The highest BCUT2D eigenvalue weighted by molar-refractivity contribution is 7.45. The van der Waals surface area contributed by atoms with E-state index in [4.69, 9.17) is 9.05 Å². The van der Waals surface area contributed by atoms with E-state index >= 15 is 0 Å². The first-order chi connectivity index (χ1) is 33.0. The molecule has 8 nitrogen and oxygen atoms in total. The summed E-state index contributed by atoms with van der Waals surface area (Å²) in [5.74, 6) is -0.212. The van der Waals surface area contributed by atoms with Crippen molar-refractivity contribution >= 4 is 13.7 Å². The summed E-state index contributed by atoms with van der Waals surface area (Å²) >= 11 is 0. The Bertz CT molecular complexity index is 1420. The quantitative estimate of drug-likeness (QED) is 0.0272. The topological polar surface area (TPSA) is 108 Å². The van der Waals surface area contributed by atoms with Gasteiger partial charge in [-0.1, -0.05) is 227 Å². The monoisotopic (exact) mass is 969 g/mol. The molecule has 3 atom stereocenters. The van der Waals surface area contributed by atoms with Gasteiger partial charge in [-0.2, -0.15) is 0 Å². The molecular formula is C59H105N2O6P. The zero-order valence-electron chi connectivity index (χ0n) is 44.5. The average Bonchev–Trinajstić information content (AvgIpc) is 3.30. The first-order valence-corrected chi connectivity index (χ1v) is 29.1. The zero-order valence-corrected chi connectivity index (χ0v) is 45.4. The summed E-state index contributed by atoms with van der Waals surface area (Å²) in [6.07, 6.45) is 70.9. The van der Waals surface area contributed by atoms with E-state index in [9.17, 15) is 19.4 Å². The number of aliphatic hydroxyl groups excluding tert-OH is 1. The van der Waals surface area contributed by atoms with Crippen LogP contribution in [0.5, 0.6) is 0 Å². The average molecular weight is 969 g/mol. The third kappa shape index (κ3) is 51.3. The number of hydrogen-bond donors (Lipinski definition) is 2. The van der Waals surface area contributed by atoms with Gasteiger partial charge in [0.15, 0.2) is 0 Å². The van der Waals surface area contributed by atoms with Crippen LogP contribution in [0.3, 0.4) is 0 Å². The van der Waals surface area contributed by atoms with Crippen LogP contribution in [0.2, 0.25) is 0 Å². The number of hydrogen-bond acceptors (Lipinski definition) is 6. The van der Waals surface area contributed by atoms with Crippen molar-refractivity contribution in [2.45, 2.75) is 231 Å². The van der Waals surface area contributed by atoms with Crippen LogP contribution in [0.1, 0.15) is 219 Å². The molecule has 2 N–H and O–H groups in total. The Morgan fingerprint density at radius 1 is 0.529 bits per heavy atom. The summed E-state index contributed by atoms with van der Waals surface area (Å²) in [6.45, 7) is 4.45. The van der Waals surface area contributed by atoms with Crippen molar-refractivity contribution in [2.24, 2.45) is 0 Å². The minimum absolute atomic E-state index is 0.00912. The fourth-order valence-electron chi connectivity index (χ4n) is 7.47. The lowest BCUT2D eigenvalue weighted by molar-refractivity contribution is -0.870. The molecule has 0 aliphatic rings. The number of phosphoric ester groups is 1. The lowest BCUT2D eigenvalue weighted by Gasteiger charge is -2.29. The number of rotatable bonds is 49. The van der Waals surface area contributed by atoms with Gasteiger partial charge >= 0.3 is 0 Å². The maximum Gasteiger partial charge on any atom is 0.268 e. The Kier molecular flexibility index (Phi) is 47.5. The number of quaternary nitrogens is 1. The number of carbonyl (C=O) groups excluding carboxylic acids is 1. The van der Waals surface area contributed by atoms with Gasteiger partial charge in [0, 0.05) is 6.42 Å². The second kappa shape index (κ2) is 49.4. The Hall–Kier alpha value is -2.58. The van der Waals surface area contributed by atoms with Crippen molar-refractivity contribution in [2.75, 3.05) is 40.9 Å². The number of nitrogens with one attached hydrogen (secondary N) is 1. The fourth-order valence-corrected chi connectivity index (χ4v) is 8.19. The van der Waals surface area contributed by atoms with Gasteiger partial charge in [0.1, 0.15) is 13.2 Å². The number of carbonyl (C=O) groups is 1. The highest BCUT2D eigenvalue weighted by Gasteiger charge is 2.23. The van der Waals surface area contributed by atoms with E-state index in [0.29, 0.717) is 17.4 Å². The van der Waals surface area contributed by atoms with E-state index in [1.54, 1.807) is 6.08 Å². The Labute approximate surface area is 419 Å². The van der Waals surface area contributed by atoms with E-state index in [1.807, 2.05) is 27.2 Å². The number of phosphoric acid groups is 1. The molecule has 68 heavy (non-hydrogen) atoms. The molecule has 0 spiro atoms. The molecule has 0 bridgehead atoms. The van der Waals surface area contributed by atoms with Gasteiger partial charge in [0.2, 0.25) is 5.91 Å². The van der Waals surface area contributed by atoms with Crippen LogP contribution in [0.4, 0.5) is 0 Å². The van der Waals surface area contributed by atoms with Gasteiger partial charge in [0.25, 0.3) is 7.82 Å². The molecule has 0 aliphatic carbocycles. The number of nitrogens with zero attached hydrogens (tertiary/aromatic N) is 1. The van der Waals surface area contributed by atoms with Crippen molar-refractivity contribution in [3.05, 3.63) is 97.2 Å². The van der Waals surface area contributed by atoms with Crippen molar-refractivity contribution in [1.29, 1.82) is 0 Å². The number of unbranched alkanes of at least 4 members (excludes halogenated alkanes) is 22. The van der Waals surface area contributed by atoms with Crippen LogP contribution < -0.4 is 10.2 Å². The van der Waals surface area contributed by atoms with Gasteiger partial charge in [-0.05, 0) is 83.5 Å². The molecule has 0 aromatic heterocycles. The Balaban J connectivity index is 3.93. The molecule has 0 aromatic rings. The summed E-state index contributed by atoms with van der Waals surface area (Å²) < 4.78 is 23.2. The van der Waals surface area contributed by atoms with Crippen LogP contribution >= 0.6 is 7.82 Å². The van der Waals surface area contributed by atoms with E-state index in [2.05, 4.69) is 104 Å². The summed E-state index contributed by atoms with van der Waals surface area (Å²) in [5, 5.41) is 13.7. The van der Waals surface area contributed by atoms with Crippen molar-refractivity contribution in [3.8, 4) is 0 Å². The molecule has 0 fully saturated rings. The van der Waals surface area contributed by atoms with Crippen LogP contribution in [0, 0.1) is 0 Å². The maximum atomic E-state index is 12.9. The summed E-state index contributed by atoms with van der Waals surface area (Å²) in [6, 6.07) is -0.904. The largest absolute Gasteiger partial charge is 0.756 e. The molecule has 0 radical (unpaired) electrons. The lowest BCUT2D eigenvalue weighted by atomic mass is 10.0. The SMILES string of the molecule is CC/C=C\C/C=C\C/C=C\C/C=C\C/C=C\C/C=C\CCCCCCCCCCCCCCCCCCCCC(=O)NC(COP(=O)([O-])OCC[N+](C)(C)C)C(O)/C=C/CC/C=C/CCCCC. The molecular weight excluding hydrogens is 864 g/mol. The van der Waals surface area contributed by atoms with E-state index in [1.165, 1.54) is 122 Å². The summed E-state index contributed by atoms with van der Waals surface area (Å²) in [4.78, 5) is 25.3. The highest BCUT2D eigenvalue weighted by atomic mass is 31.2. The van der Waals surface area contributed by atoms with Gasteiger partial charge in [-0.25, -0.2) is 0 Å². The molecule has 0 aliphatic heterocycles. The number of likely N-dealkylation sites (N-methyl/N-ethyl adjacent to an activating group) is 1. The van der Waals surface area contributed by atoms with Crippen molar-refractivity contribution in [3.63, 3.8) is 0 Å². The molecule has 9 heteroatoms. The molecule has 1 amide bonds. The predicted molar refractivity (Wildman–Crippen MR) is 293 cm³/mol. The van der Waals surface area contributed by atoms with Crippen molar-refractivity contribution < 1.29 is 32.9 Å². The standard InChI is InChI=1S/C59H105N2O6P/c1-6-8-10-12-14-16-17-18-19-20-21-22-23-24-25-26-27-28-29-30-31-32-33-34-35-36-37-38-39-40-41-42-43-45-47-49-51-53-59(63)60-57(56-67-68(64,65)66-55-54-61(3,4)5)58(62)52-50-48-46-44-15-13-11-9-7-2/h8,10,14-16,18-19,21-22,24-25,27-28,44,50,52,57-58,62H,6-7,9,11-13,17,20,23,26,29-43,45-49,51,53-56H2,1-5H3,(H-,60,63,64,65)/b10-8-,16-14-,19-18-,22-21-,25-24-,28-27-,44-15+,52-50+. The number of allylic oxidation sites excluding steroid dienone is 15. The van der Waals surface area contributed by atoms with E-state index in [-0.39, 0.29) is 12.5 Å². The van der Waals surface area contributed by atoms with Crippen LogP contribution in [0.15, 0.2) is 97.2 Å². The third-order valence-electron chi connectivity index (χ3n) is 11.8. The number of amides is 1. The second-order valence-corrected chi connectivity index (χ2v) is 21.0. The van der Waals surface area contributed by atoms with Gasteiger partial charge < -0.3 is 28.8 Å². The second-order valence-electron chi connectivity index (χ2n) is 19.5. The fraction of sp³-hybridized carbons (Fsp3) is 0.712. The summed E-state index contributed by atoms with van der Waals surface area (Å²) in [7, 11) is 1.24. The zero-order chi connectivity index (χ0) is 49.9. The Morgan fingerprint density at radius 2 is 0.912 bits per heavy atom. The third-order valence-corrected chi connectivity index (χ3v) is 12.7. The molecule has 0 saturated carbocycles. The smallest absolute Gasteiger partial charge is 0.268 e.